The molecule has 7 heteroatoms. The van der Waals surface area contributed by atoms with Gasteiger partial charge in [0.2, 0.25) is 0 Å². The van der Waals surface area contributed by atoms with E-state index in [0.29, 0.717) is 6.61 Å². The lowest BCUT2D eigenvalue weighted by Gasteiger charge is -2.17. The summed E-state index contributed by atoms with van der Waals surface area (Å²) in [6.45, 7) is 6.18. The van der Waals surface area contributed by atoms with Crippen LogP contribution in [0.25, 0.3) is 0 Å². The third-order valence-corrected chi connectivity index (χ3v) is 3.75. The third-order valence-electron chi connectivity index (χ3n) is 2.88. The smallest absolute Gasteiger partial charge is 0.323 e. The van der Waals surface area contributed by atoms with Gasteiger partial charge < -0.3 is 4.74 Å². The zero-order chi connectivity index (χ0) is 17.3. The number of carbonyl (C=O) groups is 1. The summed E-state index contributed by atoms with van der Waals surface area (Å²) in [6.07, 6.45) is 0.881. The number of hydrogen-bond donors (Lipinski definition) is 1. The molecule has 0 saturated carbocycles. The summed E-state index contributed by atoms with van der Waals surface area (Å²) in [6, 6.07) is 5.85. The number of aryl methyl sites for hydroxylation is 1. The molecule has 1 atom stereocenters. The molecule has 134 valence electrons. The van der Waals surface area contributed by atoms with Gasteiger partial charge in [-0.15, -0.1) is 0 Å². The van der Waals surface area contributed by atoms with E-state index in [1.165, 1.54) is 12.1 Å². The van der Waals surface area contributed by atoms with E-state index in [9.17, 15) is 13.2 Å². The van der Waals surface area contributed by atoms with Crippen LogP contribution in [0.4, 0.5) is 0 Å². The molecule has 1 rings (SSSR count). The quantitative estimate of drug-likeness (QED) is 0.651. The highest BCUT2D eigenvalue weighted by Crippen LogP contribution is 2.08. The molecule has 0 bridgehead atoms. The van der Waals surface area contributed by atoms with Crippen LogP contribution in [0.3, 0.4) is 0 Å². The second-order valence-electron chi connectivity index (χ2n) is 5.10. The summed E-state index contributed by atoms with van der Waals surface area (Å²) in [5, 5.41) is 0. The third kappa shape index (κ3) is 10.0. The second kappa shape index (κ2) is 11.2. The molecule has 0 aliphatic heterocycles. The maximum absolute atomic E-state index is 11.1. The molecular formula is C16H29NO5S. The van der Waals surface area contributed by atoms with Crippen molar-refractivity contribution < 1.29 is 22.5 Å². The lowest BCUT2D eigenvalue weighted by atomic mass is 10.2. The zero-order valence-corrected chi connectivity index (χ0v) is 14.6. The average Bonchev–Trinajstić information content (AvgIpc) is 2.44. The summed E-state index contributed by atoms with van der Waals surface area (Å²) in [5.41, 5.74) is 0.956. The van der Waals surface area contributed by atoms with E-state index in [4.69, 9.17) is 9.29 Å². The topological polar surface area (TPSA) is 83.9 Å². The highest BCUT2D eigenvalue weighted by atomic mass is 32.2. The minimum Gasteiger partial charge on any atom is -0.465 e. The van der Waals surface area contributed by atoms with Crippen LogP contribution >= 0.6 is 0 Å². The first kappa shape index (κ1) is 23.8. The predicted octanol–water partition coefficient (Wildman–Crippen LogP) is 2.77. The Balaban J connectivity index is 0. The summed E-state index contributed by atoms with van der Waals surface area (Å²) in [5.74, 6) is -0.142. The van der Waals surface area contributed by atoms with Crippen molar-refractivity contribution in [3.05, 3.63) is 29.8 Å². The maximum atomic E-state index is 11.1. The van der Waals surface area contributed by atoms with Gasteiger partial charge in [0.25, 0.3) is 10.1 Å². The molecule has 6 nitrogen and oxygen atoms in total. The molecule has 1 N–H and O–H groups in total. The summed E-state index contributed by atoms with van der Waals surface area (Å²) in [4.78, 5) is 12.8. The van der Waals surface area contributed by atoms with E-state index in [1.807, 2.05) is 39.8 Å². The molecule has 0 fully saturated rings. The van der Waals surface area contributed by atoms with E-state index in [2.05, 4.69) is 0 Å². The van der Waals surface area contributed by atoms with Gasteiger partial charge in [-0.05, 0) is 46.5 Å². The Labute approximate surface area is 140 Å². The predicted molar refractivity (Wildman–Crippen MR) is 92.1 cm³/mol. The van der Waals surface area contributed by atoms with E-state index in [-0.39, 0.29) is 24.3 Å². The Morgan fingerprint density at radius 3 is 2.09 bits per heavy atom. The van der Waals surface area contributed by atoms with E-state index in [1.54, 1.807) is 12.1 Å². The van der Waals surface area contributed by atoms with Crippen LogP contribution in [-0.2, 0) is 19.6 Å². The van der Waals surface area contributed by atoms with Crippen molar-refractivity contribution in [1.29, 1.82) is 0 Å². The Hall–Kier alpha value is -1.44. The second-order valence-corrected chi connectivity index (χ2v) is 6.52. The van der Waals surface area contributed by atoms with Crippen molar-refractivity contribution in [1.82, 2.24) is 4.90 Å². The van der Waals surface area contributed by atoms with Crippen molar-refractivity contribution in [2.24, 2.45) is 0 Å². The van der Waals surface area contributed by atoms with Gasteiger partial charge in [0, 0.05) is 0 Å². The minimum atomic E-state index is -4.02. The number of esters is 1. The van der Waals surface area contributed by atoms with Crippen molar-refractivity contribution in [2.45, 2.75) is 45.6 Å². The van der Waals surface area contributed by atoms with Crippen LogP contribution in [0, 0.1) is 6.92 Å². The first-order valence-corrected chi connectivity index (χ1v) is 8.40. The Bertz CT molecular complexity index is 552. The Morgan fingerprint density at radius 2 is 1.74 bits per heavy atom. The van der Waals surface area contributed by atoms with Crippen molar-refractivity contribution >= 4 is 16.1 Å². The molecule has 0 radical (unpaired) electrons. The number of hydrogen-bond acceptors (Lipinski definition) is 5. The molecule has 0 amide bonds. The lowest BCUT2D eigenvalue weighted by Crippen LogP contribution is -2.34. The number of likely N-dealkylation sites (N-methyl/N-ethyl adjacent to an activating group) is 1. The molecule has 0 heterocycles. The molecule has 1 aromatic rings. The van der Waals surface area contributed by atoms with Crippen LogP contribution < -0.4 is 0 Å². The molecule has 1 aromatic carbocycles. The van der Waals surface area contributed by atoms with Crippen LogP contribution in [0.15, 0.2) is 29.2 Å². The molecule has 0 aromatic heterocycles. The summed E-state index contributed by atoms with van der Waals surface area (Å²) in [7, 11) is -0.302. The van der Waals surface area contributed by atoms with Gasteiger partial charge in [0.15, 0.2) is 0 Å². The maximum Gasteiger partial charge on any atom is 0.323 e. The van der Waals surface area contributed by atoms with Crippen LogP contribution in [0.1, 0.15) is 33.3 Å². The van der Waals surface area contributed by atoms with Crippen LogP contribution in [-0.4, -0.2) is 50.6 Å². The van der Waals surface area contributed by atoms with E-state index >= 15 is 0 Å². The molecule has 23 heavy (non-hydrogen) atoms. The highest BCUT2D eigenvalue weighted by Gasteiger charge is 2.15. The fourth-order valence-corrected chi connectivity index (χ4v) is 1.72. The first-order chi connectivity index (χ1) is 10.1. The normalized spacial score (nSPS) is 11.8. The number of rotatable bonds is 5. The molecule has 0 aliphatic rings. The van der Waals surface area contributed by atoms with Crippen LogP contribution in [0.5, 0.6) is 0 Å². The molecule has 0 aliphatic carbocycles. The molecule has 0 saturated heterocycles. The van der Waals surface area contributed by atoms with Crippen LogP contribution in [0.2, 0.25) is 0 Å². The number of ether oxygens (including phenoxy) is 1. The Kier molecular flexibility index (Phi) is 11.5. The monoisotopic (exact) mass is 347 g/mol. The Morgan fingerprint density at radius 1 is 1.26 bits per heavy atom. The number of carbonyl (C=O) groups excluding carboxylic acids is 1. The molecular weight excluding hydrogens is 318 g/mol. The largest absolute Gasteiger partial charge is 0.465 e. The fraction of sp³-hybridized carbons (Fsp3) is 0.562. The number of benzene rings is 1. The van der Waals surface area contributed by atoms with Gasteiger partial charge in [-0.2, -0.15) is 8.42 Å². The standard InChI is InChI=1S/C8H17NO2.C7H8O3S.CH4/c1-5-6-11-8(10)7(2)9(3)4;1-6-2-4-7(5-3-6)11(8,9)10;/h7H,5-6H2,1-4H3;2-5H,1H3,(H,8,9,10);1H4. The van der Waals surface area contributed by atoms with Gasteiger partial charge in [-0.3, -0.25) is 14.2 Å². The molecule has 0 spiro atoms. The van der Waals surface area contributed by atoms with Crippen molar-refractivity contribution in [3.63, 3.8) is 0 Å². The summed E-state index contributed by atoms with van der Waals surface area (Å²) >= 11 is 0. The summed E-state index contributed by atoms with van der Waals surface area (Å²) < 4.78 is 34.5. The first-order valence-electron chi connectivity index (χ1n) is 6.96. The van der Waals surface area contributed by atoms with Gasteiger partial charge in [0.05, 0.1) is 11.5 Å². The lowest BCUT2D eigenvalue weighted by molar-refractivity contribution is -0.148. The van der Waals surface area contributed by atoms with Gasteiger partial charge in [0.1, 0.15) is 6.04 Å². The molecule has 1 unspecified atom stereocenters. The zero-order valence-electron chi connectivity index (χ0n) is 13.7. The van der Waals surface area contributed by atoms with Gasteiger partial charge in [-0.25, -0.2) is 0 Å². The van der Waals surface area contributed by atoms with Crippen molar-refractivity contribution in [3.8, 4) is 0 Å². The van der Waals surface area contributed by atoms with Crippen molar-refractivity contribution in [2.75, 3.05) is 20.7 Å². The van der Waals surface area contributed by atoms with E-state index < -0.39 is 10.1 Å². The fourth-order valence-electron chi connectivity index (χ4n) is 1.24. The van der Waals surface area contributed by atoms with Gasteiger partial charge in [-0.1, -0.05) is 32.0 Å². The minimum absolute atomic E-state index is 0. The van der Waals surface area contributed by atoms with E-state index in [0.717, 1.165) is 12.0 Å². The average molecular weight is 347 g/mol. The number of nitrogens with zero attached hydrogens (tertiary/aromatic N) is 1. The SMILES string of the molecule is C.CCCOC(=O)C(C)N(C)C.Cc1ccc(S(=O)(=O)O)cc1. The highest BCUT2D eigenvalue weighted by molar-refractivity contribution is 7.85. The van der Waals surface area contributed by atoms with Gasteiger partial charge >= 0.3 is 5.97 Å².